The van der Waals surface area contributed by atoms with Crippen molar-refractivity contribution in [3.63, 3.8) is 0 Å². The van der Waals surface area contributed by atoms with Crippen molar-refractivity contribution in [2.45, 2.75) is 44.6 Å². The number of aliphatic hydroxyl groups is 1. The highest BCUT2D eigenvalue weighted by atomic mass is 16.3. The summed E-state index contributed by atoms with van der Waals surface area (Å²) in [4.78, 5) is 13.7. The zero-order valence-corrected chi connectivity index (χ0v) is 11.8. The Balaban J connectivity index is 1.77. The van der Waals surface area contributed by atoms with Crippen LogP contribution in [0, 0.1) is 34.5 Å². The van der Waals surface area contributed by atoms with Crippen LogP contribution in [-0.4, -0.2) is 29.0 Å². The number of rotatable bonds is 1. The van der Waals surface area contributed by atoms with Gasteiger partial charge in [0.1, 0.15) is 11.6 Å². The van der Waals surface area contributed by atoms with E-state index in [9.17, 15) is 15.2 Å². The van der Waals surface area contributed by atoms with Crippen molar-refractivity contribution >= 4 is 5.91 Å². The van der Waals surface area contributed by atoms with E-state index >= 15 is 0 Å². The second-order valence-corrected chi connectivity index (χ2v) is 7.47. The first-order valence-corrected chi connectivity index (χ1v) is 7.64. The quantitative estimate of drug-likeness (QED) is 0.797. The van der Waals surface area contributed by atoms with Gasteiger partial charge >= 0.3 is 0 Å². The number of nitriles is 1. The fourth-order valence-electron chi connectivity index (χ4n) is 6.07. The Labute approximate surface area is 119 Å². The summed E-state index contributed by atoms with van der Waals surface area (Å²) < 4.78 is 0. The van der Waals surface area contributed by atoms with Crippen molar-refractivity contribution in [2.75, 3.05) is 7.05 Å². The van der Waals surface area contributed by atoms with Crippen LogP contribution in [-0.2, 0) is 4.79 Å². The summed E-state index contributed by atoms with van der Waals surface area (Å²) in [6, 6.07) is 1.93. The number of hydrogen-bond acceptors (Lipinski definition) is 3. The van der Waals surface area contributed by atoms with Gasteiger partial charge in [-0.05, 0) is 61.7 Å². The lowest BCUT2D eigenvalue weighted by atomic mass is 9.47. The number of carbonyl (C=O) groups is 1. The van der Waals surface area contributed by atoms with Gasteiger partial charge in [-0.1, -0.05) is 0 Å². The predicted octanol–water partition coefficient (Wildman–Crippen LogP) is 2.38. The zero-order valence-electron chi connectivity index (χ0n) is 11.8. The molecule has 4 nitrogen and oxygen atoms in total. The van der Waals surface area contributed by atoms with E-state index in [1.165, 1.54) is 19.3 Å². The Morgan fingerprint density at radius 2 is 1.70 bits per heavy atom. The first-order valence-electron chi connectivity index (χ1n) is 7.64. The van der Waals surface area contributed by atoms with E-state index in [2.05, 4.69) is 6.07 Å². The molecule has 106 valence electrons. The number of carbonyl (C=O) groups excluding carboxylic acids is 1. The molecule has 4 saturated carbocycles. The molecular weight excluding hydrogens is 252 g/mol. The van der Waals surface area contributed by atoms with Crippen molar-refractivity contribution < 1.29 is 9.90 Å². The van der Waals surface area contributed by atoms with Crippen molar-refractivity contribution in [1.82, 2.24) is 4.90 Å². The molecule has 0 aromatic rings. The standard InChI is InChI=1S/C16H20N2O2/c1-18-14(12(8-17)13(19)15(18)20)16-5-9-2-10(6-16)4-11(3-9)7-16/h9-11,14,19H,2-7H2,1H3. The highest BCUT2D eigenvalue weighted by Gasteiger charge is 2.58. The van der Waals surface area contributed by atoms with Gasteiger partial charge < -0.3 is 10.0 Å². The van der Waals surface area contributed by atoms with Crippen LogP contribution in [0.2, 0.25) is 0 Å². The molecule has 20 heavy (non-hydrogen) atoms. The van der Waals surface area contributed by atoms with Gasteiger partial charge in [-0.25, -0.2) is 0 Å². The largest absolute Gasteiger partial charge is 0.502 e. The van der Waals surface area contributed by atoms with Gasteiger partial charge in [0.15, 0.2) is 5.76 Å². The molecule has 4 aliphatic carbocycles. The Bertz CT molecular complexity index is 522. The van der Waals surface area contributed by atoms with Crippen LogP contribution in [0.3, 0.4) is 0 Å². The molecule has 5 aliphatic rings. The zero-order chi connectivity index (χ0) is 14.1. The summed E-state index contributed by atoms with van der Waals surface area (Å²) >= 11 is 0. The monoisotopic (exact) mass is 272 g/mol. The number of aliphatic hydroxyl groups excluding tert-OH is 1. The molecule has 1 heterocycles. The minimum atomic E-state index is -0.373. The number of amides is 1. The average Bonchev–Trinajstić information content (AvgIpc) is 2.61. The van der Waals surface area contributed by atoms with Gasteiger partial charge in [0, 0.05) is 7.05 Å². The second-order valence-electron chi connectivity index (χ2n) is 7.47. The molecule has 4 bridgehead atoms. The molecule has 4 fully saturated rings. The van der Waals surface area contributed by atoms with Crippen LogP contribution in [0.5, 0.6) is 0 Å². The summed E-state index contributed by atoms with van der Waals surface area (Å²) in [6.07, 6.45) is 7.38. The first kappa shape index (κ1) is 12.3. The van der Waals surface area contributed by atoms with E-state index in [1.807, 2.05) is 0 Å². The Hall–Kier alpha value is -1.50. The third-order valence-electron chi connectivity index (χ3n) is 6.22. The van der Waals surface area contributed by atoms with Crippen molar-refractivity contribution in [2.24, 2.45) is 23.2 Å². The normalized spacial score (nSPS) is 46.2. The maximum Gasteiger partial charge on any atom is 0.290 e. The van der Waals surface area contributed by atoms with Crippen molar-refractivity contribution in [1.29, 1.82) is 5.26 Å². The maximum absolute atomic E-state index is 12.0. The Kier molecular flexibility index (Phi) is 2.32. The molecule has 4 heteroatoms. The van der Waals surface area contributed by atoms with E-state index in [0.717, 1.165) is 37.0 Å². The van der Waals surface area contributed by atoms with Gasteiger partial charge in [-0.15, -0.1) is 0 Å². The van der Waals surface area contributed by atoms with Crippen molar-refractivity contribution in [3.8, 4) is 6.07 Å². The van der Waals surface area contributed by atoms with Crippen LogP contribution < -0.4 is 0 Å². The van der Waals surface area contributed by atoms with E-state index in [4.69, 9.17) is 0 Å². The van der Waals surface area contributed by atoms with E-state index in [-0.39, 0.29) is 23.1 Å². The first-order chi connectivity index (χ1) is 9.54. The minimum Gasteiger partial charge on any atom is -0.502 e. The molecule has 5 rings (SSSR count). The molecule has 0 saturated heterocycles. The van der Waals surface area contributed by atoms with E-state index < -0.39 is 0 Å². The van der Waals surface area contributed by atoms with Crippen LogP contribution in [0.15, 0.2) is 11.3 Å². The van der Waals surface area contributed by atoms with E-state index in [0.29, 0.717) is 5.57 Å². The second kappa shape index (κ2) is 3.78. The van der Waals surface area contributed by atoms with Gasteiger partial charge in [-0.3, -0.25) is 4.79 Å². The summed E-state index contributed by atoms with van der Waals surface area (Å²) in [7, 11) is 1.74. The summed E-state index contributed by atoms with van der Waals surface area (Å²) in [5.41, 5.74) is 0.369. The molecule has 1 N–H and O–H groups in total. The van der Waals surface area contributed by atoms with Gasteiger partial charge in [0.05, 0.1) is 6.04 Å². The molecule has 0 radical (unpaired) electrons. The molecule has 0 spiro atoms. The lowest BCUT2D eigenvalue weighted by Crippen LogP contribution is -2.55. The number of likely N-dealkylation sites (N-methyl/N-ethyl adjacent to an activating group) is 1. The maximum atomic E-state index is 12.0. The predicted molar refractivity (Wildman–Crippen MR) is 72.4 cm³/mol. The molecule has 0 aromatic carbocycles. The fourth-order valence-corrected chi connectivity index (χ4v) is 6.07. The SMILES string of the molecule is CN1C(=O)C(O)=C(C#N)C1C12CC3CC(CC(C3)C1)C2. The third-order valence-corrected chi connectivity index (χ3v) is 6.22. The molecule has 1 unspecified atom stereocenters. The lowest BCUT2D eigenvalue weighted by molar-refractivity contribution is -0.135. The van der Waals surface area contributed by atoms with E-state index in [1.54, 1.807) is 11.9 Å². The highest BCUT2D eigenvalue weighted by Crippen LogP contribution is 2.63. The fraction of sp³-hybridized carbons (Fsp3) is 0.750. The number of nitrogens with zero attached hydrogens (tertiary/aromatic N) is 2. The molecule has 1 amide bonds. The van der Waals surface area contributed by atoms with Gasteiger partial charge in [0.2, 0.25) is 0 Å². The van der Waals surface area contributed by atoms with Crippen LogP contribution in [0.4, 0.5) is 0 Å². The van der Waals surface area contributed by atoms with Crippen LogP contribution >= 0.6 is 0 Å². The summed E-state index contributed by atoms with van der Waals surface area (Å²) in [5, 5.41) is 19.4. The van der Waals surface area contributed by atoms with Crippen molar-refractivity contribution in [3.05, 3.63) is 11.3 Å². The van der Waals surface area contributed by atoms with Crippen LogP contribution in [0.25, 0.3) is 0 Å². The molecule has 0 aromatic heterocycles. The van der Waals surface area contributed by atoms with Crippen LogP contribution in [0.1, 0.15) is 38.5 Å². The topological polar surface area (TPSA) is 64.3 Å². The van der Waals surface area contributed by atoms with Gasteiger partial charge in [0.25, 0.3) is 5.91 Å². The lowest BCUT2D eigenvalue weighted by Gasteiger charge is -2.59. The Morgan fingerprint density at radius 3 is 2.15 bits per heavy atom. The van der Waals surface area contributed by atoms with Gasteiger partial charge in [-0.2, -0.15) is 5.26 Å². The number of hydrogen-bond donors (Lipinski definition) is 1. The summed E-state index contributed by atoms with van der Waals surface area (Å²) in [5.74, 6) is 1.63. The third kappa shape index (κ3) is 1.38. The average molecular weight is 272 g/mol. The summed E-state index contributed by atoms with van der Waals surface area (Å²) in [6.45, 7) is 0. The highest BCUT2D eigenvalue weighted by molar-refractivity contribution is 5.96. The molecule has 1 atom stereocenters. The molecule has 1 aliphatic heterocycles. The Morgan fingerprint density at radius 1 is 1.20 bits per heavy atom. The molecular formula is C16H20N2O2. The smallest absolute Gasteiger partial charge is 0.290 e. The minimum absolute atomic E-state index is 0.0503.